The molecule has 3 aromatic heterocycles. The third-order valence-electron chi connectivity index (χ3n) is 4.37. The maximum atomic E-state index is 14.3. The van der Waals surface area contributed by atoms with Crippen LogP contribution in [0.3, 0.4) is 0 Å². The number of nitrogens with one attached hydrogen (secondary N) is 1. The van der Waals surface area contributed by atoms with Gasteiger partial charge in [0.1, 0.15) is 23.6 Å². The Balaban J connectivity index is 1.90. The van der Waals surface area contributed by atoms with Crippen molar-refractivity contribution in [1.29, 1.82) is 0 Å². The molecule has 0 unspecified atom stereocenters. The second-order valence-electron chi connectivity index (χ2n) is 7.19. The van der Waals surface area contributed by atoms with Gasteiger partial charge in [0.25, 0.3) is 0 Å². The number of rotatable bonds is 6. The lowest BCUT2D eigenvalue weighted by atomic mass is 10.0. The predicted molar refractivity (Wildman–Crippen MR) is 114 cm³/mol. The minimum absolute atomic E-state index is 0.341. The van der Waals surface area contributed by atoms with E-state index in [1.54, 1.807) is 42.4 Å². The Morgan fingerprint density at radius 2 is 1.93 bits per heavy atom. The fraction of sp³-hybridized carbons (Fsp3) is 0.238. The van der Waals surface area contributed by atoms with Crippen molar-refractivity contribution in [3.05, 3.63) is 66.6 Å². The first-order valence-corrected chi connectivity index (χ1v) is 9.06. The first kappa shape index (κ1) is 20.2. The van der Waals surface area contributed by atoms with Crippen LogP contribution in [-0.2, 0) is 5.67 Å². The molecular formula is C21H24FN7. The molecule has 0 amide bonds. The molecule has 0 fully saturated rings. The summed E-state index contributed by atoms with van der Waals surface area (Å²) in [7, 11) is 1.80. The molecule has 0 radical (unpaired) electrons. The summed E-state index contributed by atoms with van der Waals surface area (Å²) in [5, 5.41) is 3.12. The molecule has 0 bridgehead atoms. The largest absolute Gasteiger partial charge is 0.396 e. The molecule has 0 aromatic carbocycles. The van der Waals surface area contributed by atoms with Gasteiger partial charge in [0.15, 0.2) is 5.82 Å². The van der Waals surface area contributed by atoms with E-state index in [4.69, 9.17) is 5.73 Å². The molecular weight excluding hydrogens is 369 g/mol. The van der Waals surface area contributed by atoms with Gasteiger partial charge >= 0.3 is 0 Å². The molecule has 0 aliphatic carbocycles. The number of hydrogen-bond acceptors (Lipinski definition) is 7. The normalized spacial score (nSPS) is 11.2. The van der Waals surface area contributed by atoms with Gasteiger partial charge in [-0.25, -0.2) is 19.3 Å². The maximum absolute atomic E-state index is 14.3. The number of hydrogen-bond donors (Lipinski definition) is 2. The van der Waals surface area contributed by atoms with Crippen LogP contribution >= 0.6 is 0 Å². The molecule has 7 nitrogen and oxygen atoms in total. The van der Waals surface area contributed by atoms with Crippen LogP contribution in [-0.4, -0.2) is 27.0 Å². The van der Waals surface area contributed by atoms with E-state index >= 15 is 0 Å². The third kappa shape index (κ3) is 4.66. The molecule has 0 saturated carbocycles. The van der Waals surface area contributed by atoms with Crippen LogP contribution in [0.1, 0.15) is 25.2 Å². The molecule has 0 atom stereocenters. The SMILES string of the molecule is C=C(Nc1cc(C)ncn1)N(C)c1nc(-c2ccnc(C(C)(C)F)c2)ccc1N. The van der Waals surface area contributed by atoms with Crippen LogP contribution in [0.25, 0.3) is 11.3 Å². The number of nitrogens with zero attached hydrogens (tertiary/aromatic N) is 5. The van der Waals surface area contributed by atoms with Crippen LogP contribution in [0.15, 0.2) is 55.3 Å². The van der Waals surface area contributed by atoms with Crippen molar-refractivity contribution in [2.24, 2.45) is 0 Å². The first-order chi connectivity index (χ1) is 13.6. The summed E-state index contributed by atoms with van der Waals surface area (Å²) in [6, 6.07) is 8.84. The van der Waals surface area contributed by atoms with Crippen molar-refractivity contribution in [1.82, 2.24) is 19.9 Å². The third-order valence-corrected chi connectivity index (χ3v) is 4.37. The fourth-order valence-electron chi connectivity index (χ4n) is 2.69. The molecule has 8 heteroatoms. The van der Waals surface area contributed by atoms with Crippen LogP contribution in [0.2, 0.25) is 0 Å². The minimum Gasteiger partial charge on any atom is -0.396 e. The number of alkyl halides is 1. The quantitative estimate of drug-likeness (QED) is 0.652. The monoisotopic (exact) mass is 393 g/mol. The van der Waals surface area contributed by atoms with Crippen molar-refractivity contribution < 1.29 is 4.39 Å². The maximum Gasteiger partial charge on any atom is 0.157 e. The average molecular weight is 393 g/mol. The topological polar surface area (TPSA) is 92.9 Å². The standard InChI is InChI=1S/C21H24FN7/c1-13-10-19(26-12-25-13)27-14(2)29(5)20-16(23)6-7-17(28-20)15-8-9-24-18(11-15)21(3,4)22/h6-12H,2,23H2,1,3-5H3,(H,25,26,27). The molecule has 3 N–H and O–H groups in total. The van der Waals surface area contributed by atoms with Gasteiger partial charge < -0.3 is 16.0 Å². The summed E-state index contributed by atoms with van der Waals surface area (Å²) in [6.45, 7) is 8.87. The molecule has 0 saturated heterocycles. The Labute approximate surface area is 169 Å². The smallest absolute Gasteiger partial charge is 0.157 e. The van der Waals surface area contributed by atoms with Crippen molar-refractivity contribution in [3.63, 3.8) is 0 Å². The summed E-state index contributed by atoms with van der Waals surface area (Å²) in [5.41, 5.74) is 7.67. The lowest BCUT2D eigenvalue weighted by Crippen LogP contribution is -2.24. The zero-order valence-corrected chi connectivity index (χ0v) is 16.9. The highest BCUT2D eigenvalue weighted by Crippen LogP contribution is 2.30. The Kier molecular flexibility index (Phi) is 5.45. The first-order valence-electron chi connectivity index (χ1n) is 9.06. The van der Waals surface area contributed by atoms with Gasteiger partial charge in [-0.2, -0.15) is 0 Å². The van der Waals surface area contributed by atoms with E-state index in [1.807, 2.05) is 13.0 Å². The summed E-state index contributed by atoms with van der Waals surface area (Å²) in [5.74, 6) is 1.68. The highest BCUT2D eigenvalue weighted by Gasteiger charge is 2.21. The van der Waals surface area contributed by atoms with Gasteiger partial charge in [-0.05, 0) is 45.0 Å². The van der Waals surface area contributed by atoms with Crippen LogP contribution in [0.4, 0.5) is 21.7 Å². The Morgan fingerprint density at radius 3 is 2.62 bits per heavy atom. The van der Waals surface area contributed by atoms with Crippen molar-refractivity contribution >= 4 is 17.3 Å². The van der Waals surface area contributed by atoms with Gasteiger partial charge in [0.2, 0.25) is 0 Å². The van der Waals surface area contributed by atoms with Crippen molar-refractivity contribution in [2.45, 2.75) is 26.4 Å². The van der Waals surface area contributed by atoms with E-state index < -0.39 is 5.67 Å². The number of pyridine rings is 2. The molecule has 0 aliphatic heterocycles. The minimum atomic E-state index is -1.54. The van der Waals surface area contributed by atoms with E-state index in [2.05, 4.69) is 31.8 Å². The van der Waals surface area contributed by atoms with Gasteiger partial charge in [-0.3, -0.25) is 4.98 Å². The van der Waals surface area contributed by atoms with Crippen LogP contribution < -0.4 is 16.0 Å². The second kappa shape index (κ2) is 7.83. The van der Waals surface area contributed by atoms with E-state index in [-0.39, 0.29) is 0 Å². The number of anilines is 3. The molecule has 3 rings (SSSR count). The molecule has 150 valence electrons. The summed E-state index contributed by atoms with van der Waals surface area (Å²) in [6.07, 6.45) is 3.05. The number of aryl methyl sites for hydroxylation is 1. The average Bonchev–Trinajstić information content (AvgIpc) is 2.67. The molecule has 3 heterocycles. The summed E-state index contributed by atoms with van der Waals surface area (Å²) >= 11 is 0. The van der Waals surface area contributed by atoms with E-state index in [9.17, 15) is 4.39 Å². The van der Waals surface area contributed by atoms with Crippen molar-refractivity contribution in [2.75, 3.05) is 23.0 Å². The number of nitrogens with two attached hydrogens (primary N) is 1. The lowest BCUT2D eigenvalue weighted by Gasteiger charge is -2.23. The zero-order chi connectivity index (χ0) is 21.2. The fourth-order valence-corrected chi connectivity index (χ4v) is 2.69. The van der Waals surface area contributed by atoms with Gasteiger partial charge in [-0.1, -0.05) is 6.58 Å². The second-order valence-corrected chi connectivity index (χ2v) is 7.19. The van der Waals surface area contributed by atoms with Gasteiger partial charge in [0.05, 0.1) is 17.1 Å². The molecule has 3 aromatic rings. The van der Waals surface area contributed by atoms with E-state index in [0.29, 0.717) is 34.5 Å². The summed E-state index contributed by atoms with van der Waals surface area (Å²) < 4.78 is 14.3. The highest BCUT2D eigenvalue weighted by atomic mass is 19.1. The molecule has 29 heavy (non-hydrogen) atoms. The summed E-state index contributed by atoms with van der Waals surface area (Å²) in [4.78, 5) is 18.8. The number of aromatic nitrogens is 4. The Bertz CT molecular complexity index is 1040. The van der Waals surface area contributed by atoms with E-state index in [0.717, 1.165) is 11.3 Å². The molecule has 0 aliphatic rings. The van der Waals surface area contributed by atoms with Gasteiger partial charge in [0, 0.05) is 30.6 Å². The number of nitrogen functional groups attached to an aromatic ring is 1. The zero-order valence-electron chi connectivity index (χ0n) is 16.9. The van der Waals surface area contributed by atoms with E-state index in [1.165, 1.54) is 20.2 Å². The Morgan fingerprint density at radius 1 is 1.17 bits per heavy atom. The van der Waals surface area contributed by atoms with Crippen LogP contribution in [0, 0.1) is 6.92 Å². The van der Waals surface area contributed by atoms with Crippen molar-refractivity contribution in [3.8, 4) is 11.3 Å². The Hall–Kier alpha value is -3.55. The highest BCUT2D eigenvalue weighted by molar-refractivity contribution is 5.72. The van der Waals surface area contributed by atoms with Gasteiger partial charge in [-0.15, -0.1) is 0 Å². The van der Waals surface area contributed by atoms with Crippen LogP contribution in [0.5, 0.6) is 0 Å². The lowest BCUT2D eigenvalue weighted by molar-refractivity contribution is 0.214. The molecule has 0 spiro atoms. The number of halogens is 1. The predicted octanol–water partition coefficient (Wildman–Crippen LogP) is 4.05.